The van der Waals surface area contributed by atoms with E-state index >= 15 is 0 Å². The highest BCUT2D eigenvalue weighted by Gasteiger charge is 2.31. The molecule has 0 aliphatic carbocycles. The van der Waals surface area contributed by atoms with E-state index < -0.39 is 0 Å². The monoisotopic (exact) mass is 281 g/mol. The Balaban J connectivity index is 2.19. The van der Waals surface area contributed by atoms with Gasteiger partial charge in [0, 0.05) is 6.54 Å². The van der Waals surface area contributed by atoms with Crippen LogP contribution < -0.4 is 0 Å². The third kappa shape index (κ3) is 2.29. The van der Waals surface area contributed by atoms with Crippen LogP contribution in [-0.4, -0.2) is 22.2 Å². The van der Waals surface area contributed by atoms with Gasteiger partial charge < -0.3 is 4.90 Å². The largest absolute Gasteiger partial charge is 0.335 e. The van der Waals surface area contributed by atoms with Crippen LogP contribution in [0.2, 0.25) is 0 Å². The van der Waals surface area contributed by atoms with E-state index in [9.17, 15) is 4.79 Å². The lowest BCUT2D eigenvalue weighted by molar-refractivity contribution is -0.131. The van der Waals surface area contributed by atoms with Gasteiger partial charge in [-0.2, -0.15) is 0 Å². The second-order valence-corrected chi connectivity index (χ2v) is 5.59. The van der Waals surface area contributed by atoms with Crippen molar-refractivity contribution >= 4 is 21.8 Å². The predicted octanol–water partition coefficient (Wildman–Crippen LogP) is 3.13. The lowest BCUT2D eigenvalue weighted by Gasteiger charge is -2.26. The van der Waals surface area contributed by atoms with Crippen LogP contribution in [0.4, 0.5) is 0 Å². The van der Waals surface area contributed by atoms with Crippen molar-refractivity contribution in [1.82, 2.24) is 4.90 Å². The summed E-state index contributed by atoms with van der Waals surface area (Å²) in [4.78, 5) is 13.9. The van der Waals surface area contributed by atoms with Crippen LogP contribution in [0, 0.1) is 0 Å². The van der Waals surface area contributed by atoms with E-state index in [0.717, 1.165) is 19.4 Å². The normalized spacial score (nSPS) is 22.1. The maximum atomic E-state index is 12.0. The molecule has 3 heteroatoms. The number of amides is 1. The molecule has 0 saturated carbocycles. The Bertz CT molecular complexity index is 363. The van der Waals surface area contributed by atoms with Gasteiger partial charge in [0.25, 0.3) is 0 Å². The molecule has 0 aromatic heterocycles. The molecule has 0 spiro atoms. The van der Waals surface area contributed by atoms with Crippen molar-refractivity contribution in [1.29, 1.82) is 0 Å². The Labute approximate surface area is 105 Å². The van der Waals surface area contributed by atoms with Gasteiger partial charge in [0.2, 0.25) is 5.91 Å². The topological polar surface area (TPSA) is 20.3 Å². The van der Waals surface area contributed by atoms with Gasteiger partial charge in [-0.15, -0.1) is 0 Å². The maximum Gasteiger partial charge on any atom is 0.236 e. The van der Waals surface area contributed by atoms with Gasteiger partial charge >= 0.3 is 0 Å². The summed E-state index contributed by atoms with van der Waals surface area (Å²) in [6, 6.07) is 10.6. The molecule has 1 aliphatic rings. The summed E-state index contributed by atoms with van der Waals surface area (Å²) < 4.78 is 0. The lowest BCUT2D eigenvalue weighted by atomic mass is 10.0. The van der Waals surface area contributed by atoms with Crippen LogP contribution in [0.3, 0.4) is 0 Å². The first kappa shape index (κ1) is 11.6. The van der Waals surface area contributed by atoms with Gasteiger partial charge in [-0.3, -0.25) is 4.79 Å². The number of hydrogen-bond donors (Lipinski definition) is 0. The average molecular weight is 282 g/mol. The summed E-state index contributed by atoms with van der Waals surface area (Å²) in [5.74, 6) is 0.200. The van der Waals surface area contributed by atoms with Gasteiger partial charge in [-0.1, -0.05) is 46.3 Å². The molecule has 1 aliphatic heterocycles. The molecule has 2 atom stereocenters. The van der Waals surface area contributed by atoms with E-state index in [4.69, 9.17) is 0 Å². The lowest BCUT2D eigenvalue weighted by Crippen LogP contribution is -2.34. The van der Waals surface area contributed by atoms with E-state index in [0.29, 0.717) is 0 Å². The first-order valence-corrected chi connectivity index (χ1v) is 6.61. The third-order valence-electron chi connectivity index (χ3n) is 3.06. The highest BCUT2D eigenvalue weighted by molar-refractivity contribution is 9.10. The molecule has 0 N–H and O–H groups in total. The maximum absolute atomic E-state index is 12.0. The molecule has 86 valence electrons. The molecule has 0 radical (unpaired) electrons. The van der Waals surface area contributed by atoms with Crippen LogP contribution in [0.1, 0.15) is 31.4 Å². The highest BCUT2D eigenvalue weighted by Crippen LogP contribution is 2.32. The summed E-state index contributed by atoms with van der Waals surface area (Å²) in [6.45, 7) is 2.77. The van der Waals surface area contributed by atoms with Crippen LogP contribution in [0.15, 0.2) is 30.3 Å². The summed E-state index contributed by atoms with van der Waals surface area (Å²) in [7, 11) is 0. The molecule has 1 fully saturated rings. The fourth-order valence-electron chi connectivity index (χ4n) is 2.28. The molecule has 1 aromatic rings. The SMILES string of the molecule is CC(Br)C(=O)N1CCCC1c1ccccc1. The quantitative estimate of drug-likeness (QED) is 0.763. The molecule has 0 bridgehead atoms. The van der Waals surface area contributed by atoms with Crippen molar-refractivity contribution in [2.24, 2.45) is 0 Å². The summed E-state index contributed by atoms with van der Waals surface area (Å²) in [5.41, 5.74) is 1.25. The summed E-state index contributed by atoms with van der Waals surface area (Å²) >= 11 is 3.36. The van der Waals surface area contributed by atoms with E-state index in [-0.39, 0.29) is 16.8 Å². The average Bonchev–Trinajstić information content (AvgIpc) is 2.77. The van der Waals surface area contributed by atoms with Gasteiger partial charge in [-0.25, -0.2) is 0 Å². The van der Waals surface area contributed by atoms with Gasteiger partial charge in [0.15, 0.2) is 0 Å². The standard InChI is InChI=1S/C13H16BrNO/c1-10(14)13(16)15-9-5-8-12(15)11-6-3-2-4-7-11/h2-4,6-7,10,12H,5,8-9H2,1H3. The molecule has 16 heavy (non-hydrogen) atoms. The van der Waals surface area contributed by atoms with Crippen LogP contribution in [-0.2, 0) is 4.79 Å². The van der Waals surface area contributed by atoms with Crippen molar-refractivity contribution in [3.8, 4) is 0 Å². The van der Waals surface area contributed by atoms with Crippen molar-refractivity contribution in [3.63, 3.8) is 0 Å². The van der Waals surface area contributed by atoms with Crippen molar-refractivity contribution in [2.75, 3.05) is 6.54 Å². The zero-order valence-electron chi connectivity index (χ0n) is 9.40. The van der Waals surface area contributed by atoms with Crippen molar-refractivity contribution < 1.29 is 4.79 Å². The molecule has 1 amide bonds. The first-order valence-electron chi connectivity index (χ1n) is 5.69. The molecule has 2 unspecified atom stereocenters. The Hall–Kier alpha value is -0.830. The van der Waals surface area contributed by atoms with Crippen molar-refractivity contribution in [3.05, 3.63) is 35.9 Å². The number of benzene rings is 1. The number of nitrogens with zero attached hydrogens (tertiary/aromatic N) is 1. The minimum atomic E-state index is -0.0863. The summed E-state index contributed by atoms with van der Waals surface area (Å²) in [5, 5.41) is 0. The molecule has 1 heterocycles. The second kappa shape index (κ2) is 5.00. The van der Waals surface area contributed by atoms with Crippen LogP contribution in [0.5, 0.6) is 0 Å². The molecule has 1 saturated heterocycles. The minimum Gasteiger partial charge on any atom is -0.335 e. The minimum absolute atomic E-state index is 0.0863. The molecule has 2 nitrogen and oxygen atoms in total. The zero-order chi connectivity index (χ0) is 11.5. The Kier molecular flexibility index (Phi) is 3.64. The Morgan fingerprint density at radius 3 is 2.75 bits per heavy atom. The van der Waals surface area contributed by atoms with Gasteiger partial charge in [0.1, 0.15) is 0 Å². The molecule has 1 aromatic carbocycles. The fraction of sp³-hybridized carbons (Fsp3) is 0.462. The fourth-order valence-corrected chi connectivity index (χ4v) is 2.54. The second-order valence-electron chi connectivity index (χ2n) is 4.22. The molecular weight excluding hydrogens is 266 g/mol. The smallest absolute Gasteiger partial charge is 0.236 e. The van der Waals surface area contributed by atoms with Gasteiger partial charge in [0.05, 0.1) is 10.9 Å². The highest BCUT2D eigenvalue weighted by atomic mass is 79.9. The summed E-state index contributed by atoms with van der Waals surface area (Å²) in [6.07, 6.45) is 2.18. The van der Waals surface area contributed by atoms with Crippen LogP contribution >= 0.6 is 15.9 Å². The third-order valence-corrected chi connectivity index (χ3v) is 3.45. The van der Waals surface area contributed by atoms with E-state index in [1.165, 1.54) is 5.56 Å². The molecule has 2 rings (SSSR count). The number of carbonyl (C=O) groups is 1. The zero-order valence-corrected chi connectivity index (χ0v) is 11.0. The number of halogens is 1. The number of hydrogen-bond acceptors (Lipinski definition) is 1. The van der Waals surface area contributed by atoms with E-state index in [1.54, 1.807) is 0 Å². The Morgan fingerprint density at radius 1 is 1.44 bits per heavy atom. The van der Waals surface area contributed by atoms with E-state index in [1.807, 2.05) is 30.0 Å². The predicted molar refractivity (Wildman–Crippen MR) is 68.5 cm³/mol. The number of alkyl halides is 1. The number of rotatable bonds is 2. The van der Waals surface area contributed by atoms with E-state index in [2.05, 4.69) is 28.1 Å². The number of likely N-dealkylation sites (tertiary alicyclic amines) is 1. The first-order chi connectivity index (χ1) is 7.70. The van der Waals surface area contributed by atoms with Gasteiger partial charge in [-0.05, 0) is 25.3 Å². The van der Waals surface area contributed by atoms with Crippen molar-refractivity contribution in [2.45, 2.75) is 30.6 Å². The van der Waals surface area contributed by atoms with Crippen LogP contribution in [0.25, 0.3) is 0 Å². The number of carbonyl (C=O) groups excluding carboxylic acids is 1. The molecular formula is C13H16BrNO. The Morgan fingerprint density at radius 2 is 2.12 bits per heavy atom.